The van der Waals surface area contributed by atoms with Crippen LogP contribution in [0, 0.1) is 0 Å². The van der Waals surface area contributed by atoms with E-state index in [9.17, 15) is 0 Å². The molecule has 138 valence electrons. The number of rotatable bonds is 12. The zero-order valence-electron chi connectivity index (χ0n) is 14.3. The molecule has 0 N–H and O–H groups in total. The second-order valence-electron chi connectivity index (χ2n) is 6.51. The third-order valence-corrected chi connectivity index (χ3v) is 4.09. The van der Waals surface area contributed by atoms with Gasteiger partial charge in [0.05, 0.1) is 33.0 Å². The largest absolute Gasteiger partial charge is 0.491 e. The second-order valence-corrected chi connectivity index (χ2v) is 6.51. The van der Waals surface area contributed by atoms with Crippen LogP contribution in [0.4, 0.5) is 0 Å². The van der Waals surface area contributed by atoms with E-state index in [1.54, 1.807) is 0 Å². The second kappa shape index (κ2) is 7.88. The Balaban J connectivity index is 1.28. The monoisotopic (exact) mass is 352 g/mol. The van der Waals surface area contributed by atoms with Gasteiger partial charge in [-0.15, -0.1) is 0 Å². The van der Waals surface area contributed by atoms with Gasteiger partial charge in [-0.05, 0) is 31.2 Å². The molecule has 0 aliphatic carbocycles. The van der Waals surface area contributed by atoms with Gasteiger partial charge in [0.2, 0.25) is 6.29 Å². The Morgan fingerprint density at radius 1 is 0.840 bits per heavy atom. The van der Waals surface area contributed by atoms with Crippen molar-refractivity contribution in [2.45, 2.75) is 37.6 Å². The minimum Gasteiger partial charge on any atom is -0.491 e. The van der Waals surface area contributed by atoms with Crippen molar-refractivity contribution in [2.24, 2.45) is 0 Å². The van der Waals surface area contributed by atoms with Gasteiger partial charge in [-0.1, -0.05) is 0 Å². The van der Waals surface area contributed by atoms with E-state index in [0.29, 0.717) is 25.6 Å². The fraction of sp³-hybridized carbons (Fsp3) is 0.667. The van der Waals surface area contributed by atoms with E-state index in [-0.39, 0.29) is 24.4 Å². The molecule has 3 aliphatic heterocycles. The van der Waals surface area contributed by atoms with E-state index in [0.717, 1.165) is 25.6 Å². The third kappa shape index (κ3) is 5.83. The predicted molar refractivity (Wildman–Crippen MR) is 86.9 cm³/mol. The summed E-state index contributed by atoms with van der Waals surface area (Å²) in [6.07, 6.45) is -0.0977. The molecule has 5 unspecified atom stereocenters. The van der Waals surface area contributed by atoms with Crippen LogP contribution in [-0.2, 0) is 23.7 Å². The van der Waals surface area contributed by atoms with Crippen molar-refractivity contribution < 1.29 is 33.2 Å². The first kappa shape index (κ1) is 17.1. The highest BCUT2D eigenvalue weighted by atomic mass is 16.7. The van der Waals surface area contributed by atoms with Gasteiger partial charge in [0.1, 0.15) is 42.5 Å². The third-order valence-electron chi connectivity index (χ3n) is 4.09. The number of hydrogen-bond acceptors (Lipinski definition) is 7. The van der Waals surface area contributed by atoms with E-state index in [4.69, 9.17) is 33.2 Å². The zero-order valence-corrected chi connectivity index (χ0v) is 14.3. The molecule has 3 fully saturated rings. The molecular formula is C18H24O7. The lowest BCUT2D eigenvalue weighted by molar-refractivity contribution is -0.161. The van der Waals surface area contributed by atoms with E-state index in [2.05, 4.69) is 0 Å². The van der Waals surface area contributed by atoms with Crippen molar-refractivity contribution in [3.63, 3.8) is 0 Å². The smallest absolute Gasteiger partial charge is 0.226 e. The zero-order chi connectivity index (χ0) is 17.1. The maximum Gasteiger partial charge on any atom is 0.226 e. The first-order valence-electron chi connectivity index (χ1n) is 8.74. The molecule has 0 aromatic heterocycles. The summed E-state index contributed by atoms with van der Waals surface area (Å²) in [5, 5.41) is 0. The van der Waals surface area contributed by atoms with E-state index >= 15 is 0 Å². The molecule has 0 amide bonds. The Morgan fingerprint density at radius 3 is 1.96 bits per heavy atom. The van der Waals surface area contributed by atoms with Crippen molar-refractivity contribution in [3.05, 3.63) is 24.3 Å². The SMILES string of the molecule is CC(OCC1CO1)C(OCC1CO1)Oc1ccc(OCC2CO2)cc1. The quantitative estimate of drug-likeness (QED) is 0.416. The highest BCUT2D eigenvalue weighted by Gasteiger charge is 2.30. The number of ether oxygens (including phenoxy) is 7. The lowest BCUT2D eigenvalue weighted by Crippen LogP contribution is -2.36. The summed E-state index contributed by atoms with van der Waals surface area (Å²) in [5.41, 5.74) is 0. The van der Waals surface area contributed by atoms with Gasteiger partial charge in [-0.3, -0.25) is 0 Å². The van der Waals surface area contributed by atoms with Gasteiger partial charge in [-0.2, -0.15) is 0 Å². The topological polar surface area (TPSA) is 74.5 Å². The molecule has 0 saturated carbocycles. The van der Waals surface area contributed by atoms with Crippen LogP contribution in [0.2, 0.25) is 0 Å². The van der Waals surface area contributed by atoms with Gasteiger partial charge in [0, 0.05) is 0 Å². The number of benzene rings is 1. The van der Waals surface area contributed by atoms with Crippen LogP contribution in [0.15, 0.2) is 24.3 Å². The Hall–Kier alpha value is -1.38. The summed E-state index contributed by atoms with van der Waals surface area (Å²) in [5.74, 6) is 1.50. The molecule has 7 heteroatoms. The molecule has 0 spiro atoms. The standard InChI is InChI=1S/C18H24O7/c1-12(19-6-15-8-21-15)18(24-11-17-10-23-17)25-14-4-2-13(3-5-14)20-7-16-9-22-16/h2-5,12,15-18H,6-11H2,1H3. The summed E-state index contributed by atoms with van der Waals surface area (Å²) in [6, 6.07) is 7.48. The average molecular weight is 352 g/mol. The van der Waals surface area contributed by atoms with Crippen molar-refractivity contribution in [1.29, 1.82) is 0 Å². The summed E-state index contributed by atoms with van der Waals surface area (Å²) < 4.78 is 38.7. The molecule has 0 bridgehead atoms. The molecular weight excluding hydrogens is 328 g/mol. The molecule has 4 rings (SSSR count). The van der Waals surface area contributed by atoms with Crippen molar-refractivity contribution in [1.82, 2.24) is 0 Å². The molecule has 7 nitrogen and oxygen atoms in total. The lowest BCUT2D eigenvalue weighted by Gasteiger charge is -2.25. The van der Waals surface area contributed by atoms with E-state index in [1.807, 2.05) is 31.2 Å². The Bertz CT molecular complexity index is 537. The lowest BCUT2D eigenvalue weighted by atomic mass is 10.3. The van der Waals surface area contributed by atoms with Crippen LogP contribution < -0.4 is 9.47 Å². The van der Waals surface area contributed by atoms with Crippen LogP contribution >= 0.6 is 0 Å². The predicted octanol–water partition coefficient (Wildman–Crippen LogP) is 1.39. The average Bonchev–Trinajstić information content (AvgIpc) is 3.49. The molecule has 3 aliphatic rings. The van der Waals surface area contributed by atoms with Gasteiger partial charge in [-0.25, -0.2) is 0 Å². The van der Waals surface area contributed by atoms with Crippen molar-refractivity contribution in [2.75, 3.05) is 39.6 Å². The van der Waals surface area contributed by atoms with Gasteiger partial charge in [0.25, 0.3) is 0 Å². The minimum atomic E-state index is -0.505. The molecule has 3 heterocycles. The van der Waals surface area contributed by atoms with Gasteiger partial charge < -0.3 is 33.2 Å². The molecule has 1 aromatic carbocycles. The van der Waals surface area contributed by atoms with Crippen molar-refractivity contribution in [3.8, 4) is 11.5 Å². The minimum absolute atomic E-state index is 0.172. The fourth-order valence-electron chi connectivity index (χ4n) is 2.24. The number of hydrogen-bond donors (Lipinski definition) is 0. The fourth-order valence-corrected chi connectivity index (χ4v) is 2.24. The molecule has 5 atom stereocenters. The van der Waals surface area contributed by atoms with Gasteiger partial charge >= 0.3 is 0 Å². The molecule has 1 aromatic rings. The van der Waals surface area contributed by atoms with Crippen LogP contribution in [0.5, 0.6) is 11.5 Å². The normalized spacial score (nSPS) is 28.9. The highest BCUT2D eigenvalue weighted by Crippen LogP contribution is 2.23. The summed E-state index contributed by atoms with van der Waals surface area (Å²) in [6.45, 7) is 5.88. The molecule has 25 heavy (non-hydrogen) atoms. The maximum absolute atomic E-state index is 5.98. The van der Waals surface area contributed by atoms with Crippen LogP contribution in [0.25, 0.3) is 0 Å². The maximum atomic E-state index is 5.98. The highest BCUT2D eigenvalue weighted by molar-refractivity contribution is 5.31. The molecule has 3 saturated heterocycles. The Labute approximate surface area is 147 Å². The summed E-state index contributed by atoms with van der Waals surface area (Å²) >= 11 is 0. The van der Waals surface area contributed by atoms with Crippen LogP contribution in [-0.4, -0.2) is 70.3 Å². The first-order chi connectivity index (χ1) is 12.3. The van der Waals surface area contributed by atoms with Crippen molar-refractivity contribution >= 4 is 0 Å². The first-order valence-corrected chi connectivity index (χ1v) is 8.74. The van der Waals surface area contributed by atoms with Gasteiger partial charge in [0.15, 0.2) is 0 Å². The summed E-state index contributed by atoms with van der Waals surface area (Å²) in [4.78, 5) is 0. The summed E-state index contributed by atoms with van der Waals surface area (Å²) in [7, 11) is 0. The molecule has 0 radical (unpaired) electrons. The van der Waals surface area contributed by atoms with Crippen LogP contribution in [0.3, 0.4) is 0 Å². The van der Waals surface area contributed by atoms with E-state index in [1.165, 1.54) is 0 Å². The van der Waals surface area contributed by atoms with E-state index < -0.39 is 6.29 Å². The Kier molecular flexibility index (Phi) is 5.38. The number of epoxide rings is 3. The van der Waals surface area contributed by atoms with Crippen LogP contribution in [0.1, 0.15) is 6.92 Å². The Morgan fingerprint density at radius 2 is 1.36 bits per heavy atom.